The van der Waals surface area contributed by atoms with Crippen molar-refractivity contribution in [1.82, 2.24) is 0 Å². The third-order valence-electron chi connectivity index (χ3n) is 2.46. The molecule has 17 heavy (non-hydrogen) atoms. The Morgan fingerprint density at radius 1 is 1.00 bits per heavy atom. The van der Waals surface area contributed by atoms with Crippen LogP contribution in [0, 0.1) is 0 Å². The van der Waals surface area contributed by atoms with Crippen molar-refractivity contribution in [2.45, 2.75) is 6.04 Å². The molecule has 2 rings (SSSR count). The fourth-order valence-electron chi connectivity index (χ4n) is 1.71. The molecule has 0 radical (unpaired) electrons. The normalized spacial score (nSPS) is 11.6. The number of nitrogens with zero attached hydrogens (tertiary/aromatic N) is 1. The second-order valence-corrected chi connectivity index (χ2v) is 4.69. The standard InChI is InChI=1S/C14H10BrNS/c15-13-8-4-7-12(9-13)14(16-10-17)11-5-2-1-3-6-11/h1-9,14H/t14-/m0/s1. The molecule has 0 heterocycles. The van der Waals surface area contributed by atoms with E-state index in [1.807, 2.05) is 54.6 Å². The summed E-state index contributed by atoms with van der Waals surface area (Å²) in [5, 5.41) is 2.48. The van der Waals surface area contributed by atoms with Crippen molar-refractivity contribution in [2.24, 2.45) is 4.99 Å². The maximum atomic E-state index is 4.73. The average Bonchev–Trinajstić information content (AvgIpc) is 2.37. The van der Waals surface area contributed by atoms with E-state index >= 15 is 0 Å². The Hall–Kier alpha value is -1.28. The highest BCUT2D eigenvalue weighted by molar-refractivity contribution is 9.10. The molecular formula is C14H10BrNS. The highest BCUT2D eigenvalue weighted by atomic mass is 79.9. The van der Waals surface area contributed by atoms with Crippen molar-refractivity contribution in [2.75, 3.05) is 0 Å². The van der Waals surface area contributed by atoms with E-state index in [1.165, 1.54) is 0 Å². The van der Waals surface area contributed by atoms with Gasteiger partial charge in [0.2, 0.25) is 0 Å². The zero-order chi connectivity index (χ0) is 12.1. The van der Waals surface area contributed by atoms with E-state index in [2.05, 4.69) is 26.1 Å². The average molecular weight is 304 g/mol. The van der Waals surface area contributed by atoms with Gasteiger partial charge in [-0.05, 0) is 35.5 Å². The van der Waals surface area contributed by atoms with E-state index in [1.54, 1.807) is 0 Å². The molecule has 1 nitrogen and oxygen atoms in total. The minimum atomic E-state index is -0.0776. The van der Waals surface area contributed by atoms with Crippen LogP contribution in [-0.2, 0) is 0 Å². The van der Waals surface area contributed by atoms with E-state index in [0.29, 0.717) is 0 Å². The molecule has 0 aliphatic heterocycles. The molecule has 0 saturated carbocycles. The van der Waals surface area contributed by atoms with Crippen LogP contribution < -0.4 is 0 Å². The number of hydrogen-bond acceptors (Lipinski definition) is 2. The van der Waals surface area contributed by atoms with Gasteiger partial charge in [-0.2, -0.15) is 0 Å². The molecule has 0 aromatic heterocycles. The lowest BCUT2D eigenvalue weighted by atomic mass is 10.00. The topological polar surface area (TPSA) is 12.4 Å². The molecule has 0 bridgehead atoms. The second kappa shape index (κ2) is 5.87. The van der Waals surface area contributed by atoms with Crippen molar-refractivity contribution in [3.63, 3.8) is 0 Å². The summed E-state index contributed by atoms with van der Waals surface area (Å²) in [6.45, 7) is 0. The van der Waals surface area contributed by atoms with Gasteiger partial charge in [-0.1, -0.05) is 58.4 Å². The molecule has 0 unspecified atom stereocenters. The zero-order valence-corrected chi connectivity index (χ0v) is 11.4. The lowest BCUT2D eigenvalue weighted by Gasteiger charge is -2.12. The summed E-state index contributed by atoms with van der Waals surface area (Å²) in [7, 11) is 0. The van der Waals surface area contributed by atoms with Gasteiger partial charge < -0.3 is 0 Å². The molecule has 2 aromatic carbocycles. The number of thiocarbonyl (C=S) groups is 1. The number of rotatable bonds is 3. The van der Waals surface area contributed by atoms with Crippen molar-refractivity contribution >= 4 is 33.3 Å². The summed E-state index contributed by atoms with van der Waals surface area (Å²) in [5.74, 6) is 0. The van der Waals surface area contributed by atoms with Gasteiger partial charge in [-0.3, -0.25) is 0 Å². The van der Waals surface area contributed by atoms with Gasteiger partial charge in [0, 0.05) is 4.47 Å². The largest absolute Gasteiger partial charge is 0.219 e. The Bertz CT molecular complexity index is 547. The molecular weight excluding hydrogens is 294 g/mol. The van der Waals surface area contributed by atoms with Crippen molar-refractivity contribution in [3.8, 4) is 0 Å². The number of isothiocyanates is 1. The lowest BCUT2D eigenvalue weighted by molar-refractivity contribution is 0.880. The minimum absolute atomic E-state index is 0.0776. The summed E-state index contributed by atoms with van der Waals surface area (Å²) >= 11 is 8.20. The Morgan fingerprint density at radius 2 is 1.71 bits per heavy atom. The summed E-state index contributed by atoms with van der Waals surface area (Å²) in [6, 6.07) is 18.1. The first-order chi connectivity index (χ1) is 8.31. The van der Waals surface area contributed by atoms with Crippen LogP contribution in [0.2, 0.25) is 0 Å². The van der Waals surface area contributed by atoms with Crippen LogP contribution in [-0.4, -0.2) is 5.16 Å². The maximum absolute atomic E-state index is 4.73. The van der Waals surface area contributed by atoms with Crippen LogP contribution in [0.4, 0.5) is 0 Å². The summed E-state index contributed by atoms with van der Waals surface area (Å²) < 4.78 is 1.04. The predicted molar refractivity (Wildman–Crippen MR) is 77.5 cm³/mol. The van der Waals surface area contributed by atoms with Gasteiger partial charge in [0.25, 0.3) is 0 Å². The number of benzene rings is 2. The Kier molecular flexibility index (Phi) is 4.21. The molecule has 0 aliphatic carbocycles. The van der Waals surface area contributed by atoms with E-state index in [0.717, 1.165) is 15.6 Å². The molecule has 0 amide bonds. The van der Waals surface area contributed by atoms with Crippen LogP contribution >= 0.6 is 28.1 Å². The van der Waals surface area contributed by atoms with Gasteiger partial charge in [-0.25, -0.2) is 4.99 Å². The first-order valence-corrected chi connectivity index (χ1v) is 6.39. The monoisotopic (exact) mass is 303 g/mol. The highest BCUT2D eigenvalue weighted by Gasteiger charge is 2.11. The van der Waals surface area contributed by atoms with E-state index < -0.39 is 0 Å². The fourth-order valence-corrected chi connectivity index (χ4v) is 2.23. The van der Waals surface area contributed by atoms with Crippen molar-refractivity contribution in [3.05, 3.63) is 70.2 Å². The van der Waals surface area contributed by atoms with Gasteiger partial charge in [0.05, 0.1) is 5.16 Å². The van der Waals surface area contributed by atoms with Crippen molar-refractivity contribution < 1.29 is 0 Å². The third kappa shape index (κ3) is 3.10. The van der Waals surface area contributed by atoms with Crippen LogP contribution in [0.5, 0.6) is 0 Å². The first kappa shape index (κ1) is 12.2. The Balaban J connectivity index is 2.46. The second-order valence-electron chi connectivity index (χ2n) is 3.59. The SMILES string of the molecule is S=C=N[C@@H](c1ccccc1)c1cccc(Br)c1. The van der Waals surface area contributed by atoms with Crippen LogP contribution in [0.3, 0.4) is 0 Å². The Morgan fingerprint density at radius 3 is 2.35 bits per heavy atom. The maximum Gasteiger partial charge on any atom is 0.110 e. The molecule has 0 aliphatic rings. The van der Waals surface area contributed by atoms with Crippen molar-refractivity contribution in [1.29, 1.82) is 0 Å². The van der Waals surface area contributed by atoms with Gasteiger partial charge >= 0.3 is 0 Å². The van der Waals surface area contributed by atoms with Gasteiger partial charge in [-0.15, -0.1) is 0 Å². The zero-order valence-electron chi connectivity index (χ0n) is 9.01. The molecule has 0 spiro atoms. The van der Waals surface area contributed by atoms with Crippen LogP contribution in [0.15, 0.2) is 64.1 Å². The van der Waals surface area contributed by atoms with Gasteiger partial charge in [0.15, 0.2) is 0 Å². The Labute approximate surface area is 114 Å². The molecule has 1 atom stereocenters. The molecule has 84 valence electrons. The smallest absolute Gasteiger partial charge is 0.110 e. The first-order valence-electron chi connectivity index (χ1n) is 5.18. The quantitative estimate of drug-likeness (QED) is 0.594. The van der Waals surface area contributed by atoms with E-state index in [-0.39, 0.29) is 6.04 Å². The molecule has 3 heteroatoms. The molecule has 0 fully saturated rings. The highest BCUT2D eigenvalue weighted by Crippen LogP contribution is 2.27. The van der Waals surface area contributed by atoms with E-state index in [4.69, 9.17) is 12.2 Å². The minimum Gasteiger partial charge on any atom is -0.219 e. The summed E-state index contributed by atoms with van der Waals surface area (Å²) in [5.41, 5.74) is 2.21. The van der Waals surface area contributed by atoms with Gasteiger partial charge in [0.1, 0.15) is 6.04 Å². The number of halogens is 1. The predicted octanol–water partition coefficient (Wildman–Crippen LogP) is 4.64. The fraction of sp³-hybridized carbons (Fsp3) is 0.0714. The van der Waals surface area contributed by atoms with Crippen LogP contribution in [0.1, 0.15) is 17.2 Å². The lowest BCUT2D eigenvalue weighted by Crippen LogP contribution is -1.97. The number of aliphatic imine (C=N–C) groups is 1. The van der Waals surface area contributed by atoms with E-state index in [9.17, 15) is 0 Å². The summed E-state index contributed by atoms with van der Waals surface area (Å²) in [4.78, 5) is 4.25. The summed E-state index contributed by atoms with van der Waals surface area (Å²) in [6.07, 6.45) is 0. The molecule has 0 saturated heterocycles. The van der Waals surface area contributed by atoms with Crippen LogP contribution in [0.25, 0.3) is 0 Å². The molecule has 2 aromatic rings. The third-order valence-corrected chi connectivity index (χ3v) is 3.06. The number of hydrogen-bond donors (Lipinski definition) is 0. The molecule has 0 N–H and O–H groups in total.